The molecule has 0 spiro atoms. The van der Waals surface area contributed by atoms with Gasteiger partial charge in [0.2, 0.25) is 0 Å². The van der Waals surface area contributed by atoms with Crippen molar-refractivity contribution in [1.29, 1.82) is 0 Å². The fraction of sp³-hybridized carbons (Fsp3) is 0.688. The topological polar surface area (TPSA) is 85.2 Å². The molecule has 0 saturated heterocycles. The first kappa shape index (κ1) is 19.0. The van der Waals surface area contributed by atoms with E-state index in [0.29, 0.717) is 25.3 Å². The van der Waals surface area contributed by atoms with Crippen LogP contribution in [0, 0.1) is 0 Å². The maximum absolute atomic E-state index is 11.9. The Balaban J connectivity index is 2.34. The van der Waals surface area contributed by atoms with Gasteiger partial charge in [-0.2, -0.15) is 5.10 Å². The highest BCUT2D eigenvalue weighted by Crippen LogP contribution is 2.06. The molecular formula is C16H28N4O3. The smallest absolute Gasteiger partial charge is 0.407 e. The number of ether oxygens (including phenoxy) is 1. The standard InChI is InChI=1S/C16H28N4O3/c1-5-6-7-10-20-14(21)11-13(12-19-20)17-8-9-18-15(22)23-16(2,3)4/h11-12,17H,5-10H2,1-4H3,(H,18,22). The van der Waals surface area contributed by atoms with E-state index in [4.69, 9.17) is 4.74 Å². The number of unbranched alkanes of at least 4 members (excludes halogenated alkanes) is 2. The lowest BCUT2D eigenvalue weighted by atomic mass is 10.2. The van der Waals surface area contributed by atoms with E-state index >= 15 is 0 Å². The number of amides is 1. The van der Waals surface area contributed by atoms with Gasteiger partial charge in [0, 0.05) is 25.7 Å². The van der Waals surface area contributed by atoms with E-state index in [1.165, 1.54) is 10.7 Å². The number of aromatic nitrogens is 2. The molecular weight excluding hydrogens is 296 g/mol. The van der Waals surface area contributed by atoms with E-state index in [1.807, 2.05) is 20.8 Å². The second kappa shape index (κ2) is 9.17. The van der Waals surface area contributed by atoms with Crippen molar-refractivity contribution in [3.8, 4) is 0 Å². The predicted molar refractivity (Wildman–Crippen MR) is 90.7 cm³/mol. The average Bonchev–Trinajstić information content (AvgIpc) is 2.44. The summed E-state index contributed by atoms with van der Waals surface area (Å²) in [5.41, 5.74) is 0.0166. The first-order valence-corrected chi connectivity index (χ1v) is 8.09. The summed E-state index contributed by atoms with van der Waals surface area (Å²) >= 11 is 0. The Morgan fingerprint density at radius 2 is 2.04 bits per heavy atom. The van der Waals surface area contributed by atoms with Gasteiger partial charge in [-0.1, -0.05) is 19.8 Å². The summed E-state index contributed by atoms with van der Waals surface area (Å²) in [6.45, 7) is 9.08. The Morgan fingerprint density at radius 3 is 2.65 bits per heavy atom. The van der Waals surface area contributed by atoms with E-state index in [1.54, 1.807) is 6.20 Å². The summed E-state index contributed by atoms with van der Waals surface area (Å²) < 4.78 is 6.60. The molecule has 0 aliphatic rings. The van der Waals surface area contributed by atoms with Gasteiger partial charge in [0.15, 0.2) is 0 Å². The molecule has 0 unspecified atom stereocenters. The number of rotatable bonds is 8. The van der Waals surface area contributed by atoms with E-state index < -0.39 is 11.7 Å². The summed E-state index contributed by atoms with van der Waals surface area (Å²) in [6, 6.07) is 1.52. The minimum atomic E-state index is -0.510. The van der Waals surface area contributed by atoms with Crippen LogP contribution in [0.4, 0.5) is 10.5 Å². The highest BCUT2D eigenvalue weighted by Gasteiger charge is 2.15. The second-order valence-electron chi connectivity index (χ2n) is 6.37. The highest BCUT2D eigenvalue weighted by molar-refractivity contribution is 5.67. The lowest BCUT2D eigenvalue weighted by Crippen LogP contribution is -2.35. The molecule has 130 valence electrons. The first-order chi connectivity index (χ1) is 10.8. The minimum absolute atomic E-state index is 0.119. The molecule has 1 rings (SSSR count). The fourth-order valence-corrected chi connectivity index (χ4v) is 1.90. The van der Waals surface area contributed by atoms with E-state index in [2.05, 4.69) is 22.7 Å². The largest absolute Gasteiger partial charge is 0.444 e. The molecule has 2 N–H and O–H groups in total. The molecule has 0 fully saturated rings. The molecule has 7 nitrogen and oxygen atoms in total. The number of carbonyl (C=O) groups is 1. The van der Waals surface area contributed by atoms with Gasteiger partial charge < -0.3 is 15.4 Å². The zero-order valence-corrected chi connectivity index (χ0v) is 14.5. The van der Waals surface area contributed by atoms with Crippen molar-refractivity contribution < 1.29 is 9.53 Å². The van der Waals surface area contributed by atoms with Gasteiger partial charge in [-0.25, -0.2) is 9.48 Å². The van der Waals surface area contributed by atoms with Crippen molar-refractivity contribution in [2.45, 2.75) is 59.1 Å². The zero-order valence-electron chi connectivity index (χ0n) is 14.5. The van der Waals surface area contributed by atoms with Crippen LogP contribution >= 0.6 is 0 Å². The van der Waals surface area contributed by atoms with Crippen LogP contribution in [0.15, 0.2) is 17.1 Å². The third-order valence-corrected chi connectivity index (χ3v) is 2.97. The van der Waals surface area contributed by atoms with Crippen LogP contribution < -0.4 is 16.2 Å². The Bertz CT molecular complexity index is 549. The summed E-state index contributed by atoms with van der Waals surface area (Å²) in [5, 5.41) is 9.84. The summed E-state index contributed by atoms with van der Waals surface area (Å²) in [7, 11) is 0. The Hall–Kier alpha value is -2.05. The second-order valence-corrected chi connectivity index (χ2v) is 6.37. The van der Waals surface area contributed by atoms with Crippen LogP contribution in [-0.2, 0) is 11.3 Å². The third-order valence-electron chi connectivity index (χ3n) is 2.97. The van der Waals surface area contributed by atoms with Crippen LogP contribution in [0.5, 0.6) is 0 Å². The molecule has 0 aliphatic carbocycles. The molecule has 0 radical (unpaired) electrons. The quantitative estimate of drug-likeness (QED) is 0.717. The molecule has 0 saturated carbocycles. The predicted octanol–water partition coefficient (Wildman–Crippen LogP) is 2.37. The lowest BCUT2D eigenvalue weighted by Gasteiger charge is -2.19. The van der Waals surface area contributed by atoms with Crippen molar-refractivity contribution in [3.05, 3.63) is 22.6 Å². The maximum atomic E-state index is 11.9. The Labute approximate surface area is 137 Å². The van der Waals surface area contributed by atoms with Gasteiger partial charge in [0.1, 0.15) is 5.60 Å². The third kappa shape index (κ3) is 8.23. The number of alkyl carbamates (subject to hydrolysis) is 1. The number of nitrogens with one attached hydrogen (secondary N) is 2. The number of hydrogen-bond donors (Lipinski definition) is 2. The van der Waals surface area contributed by atoms with Crippen LogP contribution in [0.25, 0.3) is 0 Å². The van der Waals surface area contributed by atoms with E-state index in [0.717, 1.165) is 19.3 Å². The van der Waals surface area contributed by atoms with Crippen LogP contribution in [-0.4, -0.2) is 34.6 Å². The number of hydrogen-bond acceptors (Lipinski definition) is 5. The number of aryl methyl sites for hydroxylation is 1. The number of carbonyl (C=O) groups excluding carboxylic acids is 1. The van der Waals surface area contributed by atoms with Gasteiger partial charge in [0.05, 0.1) is 11.9 Å². The van der Waals surface area contributed by atoms with Crippen molar-refractivity contribution in [3.63, 3.8) is 0 Å². The van der Waals surface area contributed by atoms with Crippen molar-refractivity contribution >= 4 is 11.8 Å². The Morgan fingerprint density at radius 1 is 1.30 bits per heavy atom. The molecule has 1 aromatic rings. The average molecular weight is 324 g/mol. The van der Waals surface area contributed by atoms with Gasteiger partial charge in [-0.15, -0.1) is 0 Å². The van der Waals surface area contributed by atoms with Crippen LogP contribution in [0.1, 0.15) is 47.0 Å². The summed E-state index contributed by atoms with van der Waals surface area (Å²) in [5.74, 6) is 0. The maximum Gasteiger partial charge on any atom is 0.407 e. The van der Waals surface area contributed by atoms with Gasteiger partial charge in [-0.05, 0) is 27.2 Å². The molecule has 7 heteroatoms. The first-order valence-electron chi connectivity index (χ1n) is 8.09. The van der Waals surface area contributed by atoms with Crippen molar-refractivity contribution in [1.82, 2.24) is 15.1 Å². The number of anilines is 1. The number of nitrogens with zero attached hydrogens (tertiary/aromatic N) is 2. The monoisotopic (exact) mass is 324 g/mol. The van der Waals surface area contributed by atoms with Gasteiger partial charge >= 0.3 is 6.09 Å². The summed E-state index contributed by atoms with van der Waals surface area (Å²) in [6.07, 6.45) is 4.32. The molecule has 1 heterocycles. The normalized spacial score (nSPS) is 11.1. The summed E-state index contributed by atoms with van der Waals surface area (Å²) in [4.78, 5) is 23.4. The Kier molecular flexibility index (Phi) is 7.57. The highest BCUT2D eigenvalue weighted by atomic mass is 16.6. The van der Waals surface area contributed by atoms with E-state index in [9.17, 15) is 9.59 Å². The molecule has 0 aromatic carbocycles. The SMILES string of the molecule is CCCCCn1ncc(NCCNC(=O)OC(C)(C)C)cc1=O. The minimum Gasteiger partial charge on any atom is -0.444 e. The molecule has 0 bridgehead atoms. The van der Waals surface area contributed by atoms with Gasteiger partial charge in [-0.3, -0.25) is 4.79 Å². The molecule has 0 aliphatic heterocycles. The van der Waals surface area contributed by atoms with Gasteiger partial charge in [0.25, 0.3) is 5.56 Å². The van der Waals surface area contributed by atoms with Crippen LogP contribution in [0.2, 0.25) is 0 Å². The lowest BCUT2D eigenvalue weighted by molar-refractivity contribution is 0.0530. The van der Waals surface area contributed by atoms with E-state index in [-0.39, 0.29) is 5.56 Å². The van der Waals surface area contributed by atoms with Crippen molar-refractivity contribution in [2.24, 2.45) is 0 Å². The molecule has 0 atom stereocenters. The molecule has 1 aromatic heterocycles. The molecule has 23 heavy (non-hydrogen) atoms. The molecule has 1 amide bonds. The zero-order chi connectivity index (χ0) is 17.3. The fourth-order valence-electron chi connectivity index (χ4n) is 1.90. The van der Waals surface area contributed by atoms with Crippen LogP contribution in [0.3, 0.4) is 0 Å². The van der Waals surface area contributed by atoms with Crippen molar-refractivity contribution in [2.75, 3.05) is 18.4 Å².